The lowest BCUT2D eigenvalue weighted by molar-refractivity contribution is 0.0339. The molecule has 0 radical (unpaired) electrons. The molecule has 142 valence electrons. The maximum atomic E-state index is 10.5. The highest BCUT2D eigenvalue weighted by Gasteiger charge is 2.41. The van der Waals surface area contributed by atoms with Crippen LogP contribution in [0.4, 0.5) is 0 Å². The second kappa shape index (κ2) is 8.51. The molecule has 2 nitrogen and oxygen atoms in total. The van der Waals surface area contributed by atoms with Gasteiger partial charge >= 0.3 is 0 Å². The SMILES string of the molecule is C[C@@H]1CC[C@@H](C(C)(C)c2ccccc2)[C@H](OP(O)CCC(C)(C)C)C1. The molecule has 1 N–H and O–H groups in total. The lowest BCUT2D eigenvalue weighted by Crippen LogP contribution is -2.42. The highest BCUT2D eigenvalue weighted by molar-refractivity contribution is 7.46. The molecule has 0 aromatic heterocycles. The van der Waals surface area contributed by atoms with E-state index < -0.39 is 8.38 Å². The van der Waals surface area contributed by atoms with Crippen LogP contribution >= 0.6 is 8.38 Å². The van der Waals surface area contributed by atoms with Crippen LogP contribution in [0.15, 0.2) is 30.3 Å². The quantitative estimate of drug-likeness (QED) is 0.582. The van der Waals surface area contributed by atoms with Crippen molar-refractivity contribution in [1.29, 1.82) is 0 Å². The molecule has 0 spiro atoms. The van der Waals surface area contributed by atoms with Gasteiger partial charge in [-0.1, -0.05) is 78.3 Å². The fourth-order valence-corrected chi connectivity index (χ4v) is 5.51. The van der Waals surface area contributed by atoms with Crippen LogP contribution in [0.1, 0.15) is 72.8 Å². The molecule has 3 heteroatoms. The topological polar surface area (TPSA) is 29.5 Å². The maximum Gasteiger partial charge on any atom is 0.167 e. The number of benzene rings is 1. The van der Waals surface area contributed by atoms with E-state index in [1.807, 2.05) is 0 Å². The fraction of sp³-hybridized carbons (Fsp3) is 0.727. The first kappa shape index (κ1) is 20.9. The molecule has 0 heterocycles. The van der Waals surface area contributed by atoms with Gasteiger partial charge in [-0.3, -0.25) is 0 Å². The smallest absolute Gasteiger partial charge is 0.167 e. The van der Waals surface area contributed by atoms with E-state index in [9.17, 15) is 4.89 Å². The minimum Gasteiger partial charge on any atom is -0.350 e. The first-order valence-electron chi connectivity index (χ1n) is 9.78. The van der Waals surface area contributed by atoms with Gasteiger partial charge in [-0.05, 0) is 47.5 Å². The maximum absolute atomic E-state index is 10.5. The molecule has 0 amide bonds. The number of hydrogen-bond donors (Lipinski definition) is 1. The van der Waals surface area contributed by atoms with Crippen molar-refractivity contribution >= 4 is 8.38 Å². The van der Waals surface area contributed by atoms with Gasteiger partial charge in [0, 0.05) is 6.16 Å². The van der Waals surface area contributed by atoms with Gasteiger partial charge in [-0.15, -0.1) is 0 Å². The van der Waals surface area contributed by atoms with Crippen LogP contribution < -0.4 is 0 Å². The Morgan fingerprint density at radius 2 is 1.72 bits per heavy atom. The van der Waals surface area contributed by atoms with Gasteiger partial charge in [0.05, 0.1) is 6.10 Å². The number of rotatable bonds is 6. The van der Waals surface area contributed by atoms with Crippen molar-refractivity contribution in [1.82, 2.24) is 0 Å². The van der Waals surface area contributed by atoms with Gasteiger partial charge in [-0.2, -0.15) is 0 Å². The normalized spacial score (nSPS) is 26.4. The third-order valence-electron chi connectivity index (χ3n) is 5.81. The zero-order valence-electron chi connectivity index (χ0n) is 17.0. The Morgan fingerprint density at radius 1 is 1.08 bits per heavy atom. The Hall–Kier alpha value is -0.430. The monoisotopic (exact) mass is 364 g/mol. The molecule has 1 aromatic rings. The molecule has 0 bridgehead atoms. The first-order valence-corrected chi connectivity index (χ1v) is 11.2. The predicted molar refractivity (Wildman–Crippen MR) is 109 cm³/mol. The second-order valence-electron chi connectivity index (χ2n) is 9.64. The molecule has 25 heavy (non-hydrogen) atoms. The van der Waals surface area contributed by atoms with E-state index in [0.717, 1.165) is 19.0 Å². The van der Waals surface area contributed by atoms with Crippen LogP contribution in [-0.4, -0.2) is 17.2 Å². The standard InChI is InChI=1S/C22H37O2P/c1-17-12-13-19(22(5,6)18-10-8-7-9-11-18)20(16-17)24-25(23)15-14-21(2,3)4/h7-11,17,19-20,23H,12-16H2,1-6H3/t17-,19-,20-,25?/m1/s1. The van der Waals surface area contributed by atoms with Crippen molar-refractivity contribution in [3.63, 3.8) is 0 Å². The van der Waals surface area contributed by atoms with Gasteiger partial charge in [0.2, 0.25) is 0 Å². The molecule has 1 fully saturated rings. The Labute approximate surface area is 156 Å². The van der Waals surface area contributed by atoms with Crippen molar-refractivity contribution in [2.75, 3.05) is 6.16 Å². The summed E-state index contributed by atoms with van der Waals surface area (Å²) in [5.74, 6) is 1.14. The van der Waals surface area contributed by atoms with E-state index in [1.54, 1.807) is 0 Å². The summed E-state index contributed by atoms with van der Waals surface area (Å²) in [5.41, 5.74) is 1.68. The summed E-state index contributed by atoms with van der Waals surface area (Å²) in [7, 11) is -1.33. The molecular formula is C22H37O2P. The Kier molecular flexibility index (Phi) is 7.10. The molecule has 1 saturated carbocycles. The molecular weight excluding hydrogens is 327 g/mol. The summed E-state index contributed by atoms with van der Waals surface area (Å²) >= 11 is 0. The van der Waals surface area contributed by atoms with E-state index in [1.165, 1.54) is 18.4 Å². The van der Waals surface area contributed by atoms with Crippen LogP contribution in [0, 0.1) is 17.3 Å². The summed E-state index contributed by atoms with van der Waals surface area (Å²) in [4.78, 5) is 10.5. The van der Waals surface area contributed by atoms with E-state index in [-0.39, 0.29) is 16.9 Å². The van der Waals surface area contributed by atoms with Crippen molar-refractivity contribution in [3.8, 4) is 0 Å². The lowest BCUT2D eigenvalue weighted by atomic mass is 9.64. The first-order chi connectivity index (χ1) is 11.6. The average molecular weight is 365 g/mol. The minimum absolute atomic E-state index is 0.0618. The largest absolute Gasteiger partial charge is 0.350 e. The third kappa shape index (κ3) is 6.05. The van der Waals surface area contributed by atoms with Crippen LogP contribution in [0.25, 0.3) is 0 Å². The van der Waals surface area contributed by atoms with E-state index in [2.05, 4.69) is 71.9 Å². The molecule has 1 unspecified atom stereocenters. The number of hydrogen-bond acceptors (Lipinski definition) is 2. The van der Waals surface area contributed by atoms with Crippen LogP contribution in [0.5, 0.6) is 0 Å². The Balaban J connectivity index is 2.10. The van der Waals surface area contributed by atoms with Gasteiger partial charge in [0.1, 0.15) is 0 Å². The zero-order chi connectivity index (χ0) is 18.7. The molecule has 0 aliphatic heterocycles. The van der Waals surface area contributed by atoms with Crippen molar-refractivity contribution in [2.24, 2.45) is 17.3 Å². The fourth-order valence-electron chi connectivity index (χ4n) is 3.99. The van der Waals surface area contributed by atoms with Gasteiger partial charge in [-0.25, -0.2) is 0 Å². The van der Waals surface area contributed by atoms with Crippen LogP contribution in [0.3, 0.4) is 0 Å². The van der Waals surface area contributed by atoms with Crippen molar-refractivity contribution in [3.05, 3.63) is 35.9 Å². The van der Waals surface area contributed by atoms with E-state index >= 15 is 0 Å². The predicted octanol–water partition coefficient (Wildman–Crippen LogP) is 6.53. The lowest BCUT2D eigenvalue weighted by Gasteiger charge is -2.44. The summed E-state index contributed by atoms with van der Waals surface area (Å²) < 4.78 is 6.30. The Morgan fingerprint density at radius 3 is 2.32 bits per heavy atom. The summed E-state index contributed by atoms with van der Waals surface area (Å²) in [6, 6.07) is 10.8. The molecule has 1 aromatic carbocycles. The van der Waals surface area contributed by atoms with E-state index in [0.29, 0.717) is 11.8 Å². The highest BCUT2D eigenvalue weighted by Crippen LogP contribution is 2.48. The zero-order valence-corrected chi connectivity index (χ0v) is 17.9. The summed E-state index contributed by atoms with van der Waals surface area (Å²) in [6.07, 6.45) is 5.44. The second-order valence-corrected chi connectivity index (χ2v) is 11.0. The van der Waals surface area contributed by atoms with Gasteiger partial charge in [0.15, 0.2) is 8.38 Å². The van der Waals surface area contributed by atoms with Crippen molar-refractivity contribution < 1.29 is 9.42 Å². The molecule has 0 saturated heterocycles. The summed E-state index contributed by atoms with van der Waals surface area (Å²) in [6.45, 7) is 13.7. The Bertz CT molecular complexity index is 521. The molecule has 4 atom stereocenters. The highest BCUT2D eigenvalue weighted by atomic mass is 31.2. The molecule has 1 aliphatic carbocycles. The van der Waals surface area contributed by atoms with Gasteiger partial charge in [0.25, 0.3) is 0 Å². The van der Waals surface area contributed by atoms with Gasteiger partial charge < -0.3 is 9.42 Å². The minimum atomic E-state index is -1.33. The third-order valence-corrected chi connectivity index (χ3v) is 6.93. The van der Waals surface area contributed by atoms with Crippen molar-refractivity contribution in [2.45, 2.75) is 78.7 Å². The van der Waals surface area contributed by atoms with Crippen LogP contribution in [-0.2, 0) is 9.94 Å². The molecule has 2 rings (SSSR count). The molecule has 1 aliphatic rings. The average Bonchev–Trinajstić information content (AvgIpc) is 2.53. The van der Waals surface area contributed by atoms with E-state index in [4.69, 9.17) is 4.52 Å². The summed E-state index contributed by atoms with van der Waals surface area (Å²) in [5, 5.41) is 0. The van der Waals surface area contributed by atoms with Crippen LogP contribution in [0.2, 0.25) is 0 Å².